The molecule has 3 nitrogen and oxygen atoms in total. The van der Waals surface area contributed by atoms with Crippen molar-refractivity contribution < 1.29 is 13.2 Å². The third-order valence-electron chi connectivity index (χ3n) is 2.82. The van der Waals surface area contributed by atoms with E-state index in [4.69, 9.17) is 0 Å². The molecule has 0 amide bonds. The van der Waals surface area contributed by atoms with E-state index in [0.717, 1.165) is 17.0 Å². The van der Waals surface area contributed by atoms with Crippen molar-refractivity contribution in [3.63, 3.8) is 0 Å². The van der Waals surface area contributed by atoms with E-state index in [9.17, 15) is 13.2 Å². The molecule has 1 rings (SSSR count). The molecule has 0 aliphatic heterocycles. The average molecular weight is 261 g/mol. The van der Waals surface area contributed by atoms with E-state index in [1.807, 2.05) is 19.9 Å². The van der Waals surface area contributed by atoms with Gasteiger partial charge >= 0.3 is 6.18 Å². The fraction of sp³-hybridized carbons (Fsp3) is 0.667. The van der Waals surface area contributed by atoms with Gasteiger partial charge in [-0.25, -0.2) is 0 Å². The van der Waals surface area contributed by atoms with Crippen LogP contribution in [-0.2, 0) is 0 Å². The lowest BCUT2D eigenvalue weighted by Gasteiger charge is -2.18. The van der Waals surface area contributed by atoms with Crippen LogP contribution in [0.15, 0.2) is 6.07 Å². The first-order chi connectivity index (χ1) is 8.33. The number of nitrogens with zero attached hydrogens (tertiary/aromatic N) is 2. The highest BCUT2D eigenvalue weighted by atomic mass is 19.4. The fourth-order valence-electron chi connectivity index (χ4n) is 1.88. The molecule has 0 aromatic carbocycles. The summed E-state index contributed by atoms with van der Waals surface area (Å²) >= 11 is 0. The van der Waals surface area contributed by atoms with Crippen molar-refractivity contribution in [2.24, 2.45) is 0 Å². The molecule has 0 saturated carbocycles. The van der Waals surface area contributed by atoms with E-state index < -0.39 is 12.6 Å². The van der Waals surface area contributed by atoms with Crippen LogP contribution in [0.5, 0.6) is 0 Å². The smallest absolute Gasteiger partial charge is 0.313 e. The molecule has 1 aromatic heterocycles. The number of hydrogen-bond donors (Lipinski definition) is 1. The first-order valence-electron chi connectivity index (χ1n) is 5.88. The lowest BCUT2D eigenvalue weighted by molar-refractivity contribution is -0.135. The molecule has 1 atom stereocenters. The average Bonchev–Trinajstić information content (AvgIpc) is 2.27. The summed E-state index contributed by atoms with van der Waals surface area (Å²) in [4.78, 5) is 0. The largest absolute Gasteiger partial charge is 0.389 e. The van der Waals surface area contributed by atoms with Gasteiger partial charge in [0.25, 0.3) is 0 Å². The molecular weight excluding hydrogens is 243 g/mol. The molecule has 0 fully saturated rings. The minimum atomic E-state index is -4.08. The van der Waals surface area contributed by atoms with Crippen molar-refractivity contribution in [2.45, 2.75) is 45.3 Å². The third kappa shape index (κ3) is 4.60. The van der Waals surface area contributed by atoms with Gasteiger partial charge in [0.15, 0.2) is 0 Å². The second-order valence-electron chi connectivity index (χ2n) is 4.38. The molecule has 0 aliphatic carbocycles. The Bertz CT molecular complexity index is 391. The molecule has 0 aliphatic rings. The van der Waals surface area contributed by atoms with Crippen molar-refractivity contribution >= 4 is 0 Å². The molecule has 1 heterocycles. The number of alkyl halides is 3. The highest BCUT2D eigenvalue weighted by Crippen LogP contribution is 2.27. The molecule has 102 valence electrons. The molecule has 18 heavy (non-hydrogen) atoms. The summed E-state index contributed by atoms with van der Waals surface area (Å²) < 4.78 is 36.3. The Balaban J connectivity index is 2.68. The lowest BCUT2D eigenvalue weighted by Crippen LogP contribution is -2.19. The zero-order chi connectivity index (χ0) is 13.8. The Labute approximate surface area is 105 Å². The van der Waals surface area contributed by atoms with Crippen molar-refractivity contribution in [3.8, 4) is 0 Å². The van der Waals surface area contributed by atoms with Gasteiger partial charge in [0.05, 0.1) is 11.4 Å². The maximum Gasteiger partial charge on any atom is 0.389 e. The monoisotopic (exact) mass is 261 g/mol. The predicted molar refractivity (Wildman–Crippen MR) is 63.2 cm³/mol. The molecule has 6 heteroatoms. The van der Waals surface area contributed by atoms with Crippen molar-refractivity contribution in [1.82, 2.24) is 15.5 Å². The molecule has 1 aromatic rings. The summed E-state index contributed by atoms with van der Waals surface area (Å²) in [6, 6.07) is 1.76. The maximum absolute atomic E-state index is 12.1. The van der Waals surface area contributed by atoms with Gasteiger partial charge in [-0.05, 0) is 45.4 Å². The molecule has 1 unspecified atom stereocenters. The van der Waals surface area contributed by atoms with Gasteiger partial charge in [0.1, 0.15) is 0 Å². The minimum Gasteiger partial charge on any atom is -0.313 e. The Kier molecular flexibility index (Phi) is 5.07. The van der Waals surface area contributed by atoms with Crippen LogP contribution < -0.4 is 5.32 Å². The zero-order valence-corrected chi connectivity index (χ0v) is 10.8. The highest BCUT2D eigenvalue weighted by molar-refractivity contribution is 5.23. The predicted octanol–water partition coefficient (Wildman–Crippen LogP) is 3.09. The molecule has 1 N–H and O–H groups in total. The van der Waals surface area contributed by atoms with Gasteiger partial charge in [-0.1, -0.05) is 0 Å². The lowest BCUT2D eigenvalue weighted by atomic mass is 10.00. The van der Waals surface area contributed by atoms with Crippen LogP contribution in [0.3, 0.4) is 0 Å². The van der Waals surface area contributed by atoms with Crippen molar-refractivity contribution in [3.05, 3.63) is 23.0 Å². The molecule has 0 spiro atoms. The summed E-state index contributed by atoms with van der Waals surface area (Å²) in [5, 5.41) is 10.9. The SMILES string of the molecule is CNC(CCCC(F)(F)F)c1cc(C)nnc1C. The van der Waals surface area contributed by atoms with Gasteiger partial charge in [-0.15, -0.1) is 0 Å². The summed E-state index contributed by atoms with van der Waals surface area (Å²) in [5.74, 6) is 0. The number of hydrogen-bond acceptors (Lipinski definition) is 3. The van der Waals surface area contributed by atoms with Gasteiger partial charge < -0.3 is 5.32 Å². The van der Waals surface area contributed by atoms with Gasteiger partial charge in [-0.2, -0.15) is 23.4 Å². The third-order valence-corrected chi connectivity index (χ3v) is 2.82. The quantitative estimate of drug-likeness (QED) is 0.885. The summed E-state index contributed by atoms with van der Waals surface area (Å²) in [6.45, 7) is 3.63. The summed E-state index contributed by atoms with van der Waals surface area (Å²) in [5.41, 5.74) is 2.45. The Morgan fingerprint density at radius 2 is 1.94 bits per heavy atom. The number of nitrogens with one attached hydrogen (secondary N) is 1. The van der Waals surface area contributed by atoms with E-state index >= 15 is 0 Å². The first kappa shape index (κ1) is 14.9. The fourth-order valence-corrected chi connectivity index (χ4v) is 1.88. The number of rotatable bonds is 5. The van der Waals surface area contributed by atoms with Crippen molar-refractivity contribution in [2.75, 3.05) is 7.05 Å². The van der Waals surface area contributed by atoms with Crippen LogP contribution in [0, 0.1) is 13.8 Å². The van der Waals surface area contributed by atoms with Gasteiger partial charge in [-0.3, -0.25) is 0 Å². The minimum absolute atomic E-state index is 0.107. The highest BCUT2D eigenvalue weighted by Gasteiger charge is 2.27. The van der Waals surface area contributed by atoms with Crippen LogP contribution in [0.4, 0.5) is 13.2 Å². The number of halogens is 3. The standard InChI is InChI=1S/C12H18F3N3/c1-8-7-10(9(2)18-17-8)11(16-3)5-4-6-12(13,14)15/h7,11,16H,4-6H2,1-3H3. The molecule has 0 radical (unpaired) electrons. The van der Waals surface area contributed by atoms with Crippen LogP contribution in [-0.4, -0.2) is 23.4 Å². The zero-order valence-electron chi connectivity index (χ0n) is 10.8. The van der Waals surface area contributed by atoms with Crippen LogP contribution in [0.25, 0.3) is 0 Å². The van der Waals surface area contributed by atoms with E-state index in [1.54, 1.807) is 7.05 Å². The molecule has 0 saturated heterocycles. The Hall–Kier alpha value is -1.17. The summed E-state index contributed by atoms with van der Waals surface area (Å²) in [6.07, 6.45) is -4.29. The van der Waals surface area contributed by atoms with Gasteiger partial charge in [0.2, 0.25) is 0 Å². The Morgan fingerprint density at radius 1 is 1.28 bits per heavy atom. The summed E-state index contributed by atoms with van der Waals surface area (Å²) in [7, 11) is 1.74. The second kappa shape index (κ2) is 6.13. The van der Waals surface area contributed by atoms with Gasteiger partial charge in [0, 0.05) is 12.5 Å². The molecular formula is C12H18F3N3. The maximum atomic E-state index is 12.1. The van der Waals surface area contributed by atoms with Crippen molar-refractivity contribution in [1.29, 1.82) is 0 Å². The van der Waals surface area contributed by atoms with E-state index in [2.05, 4.69) is 15.5 Å². The number of aromatic nitrogens is 2. The Morgan fingerprint density at radius 3 is 2.50 bits per heavy atom. The van der Waals surface area contributed by atoms with E-state index in [0.29, 0.717) is 6.42 Å². The normalized spacial score (nSPS) is 13.7. The molecule has 0 bridgehead atoms. The van der Waals surface area contributed by atoms with Crippen LogP contribution in [0.2, 0.25) is 0 Å². The van der Waals surface area contributed by atoms with Crippen LogP contribution in [0.1, 0.15) is 42.3 Å². The first-order valence-corrected chi connectivity index (χ1v) is 5.88. The number of aryl methyl sites for hydroxylation is 2. The topological polar surface area (TPSA) is 37.8 Å². The van der Waals surface area contributed by atoms with E-state index in [1.165, 1.54) is 0 Å². The van der Waals surface area contributed by atoms with Crippen LogP contribution >= 0.6 is 0 Å². The van der Waals surface area contributed by atoms with E-state index in [-0.39, 0.29) is 12.5 Å². The second-order valence-corrected chi connectivity index (χ2v) is 4.38.